The van der Waals surface area contributed by atoms with E-state index in [-0.39, 0.29) is 11.8 Å². The van der Waals surface area contributed by atoms with Gasteiger partial charge in [0.2, 0.25) is 0 Å². The Morgan fingerprint density at radius 3 is 3.10 bits per heavy atom. The lowest BCUT2D eigenvalue weighted by Gasteiger charge is -2.34. The van der Waals surface area contributed by atoms with E-state index in [0.717, 1.165) is 6.42 Å². The third-order valence-electron chi connectivity index (χ3n) is 3.14. The van der Waals surface area contributed by atoms with Crippen molar-refractivity contribution in [2.75, 3.05) is 31.2 Å². The molecule has 0 radical (unpaired) electrons. The van der Waals surface area contributed by atoms with E-state index in [4.69, 9.17) is 15.2 Å². The molecule has 1 unspecified atom stereocenters. The maximum atomic E-state index is 11.6. The summed E-state index contributed by atoms with van der Waals surface area (Å²) in [6.07, 6.45) is 2.55. The number of hydrogen-bond donors (Lipinski definition) is 1. The van der Waals surface area contributed by atoms with E-state index in [0.29, 0.717) is 37.7 Å². The van der Waals surface area contributed by atoms with Gasteiger partial charge in [0.05, 0.1) is 19.3 Å². The monoisotopic (exact) mass is 279 g/mol. The molecule has 0 saturated carbocycles. The summed E-state index contributed by atoms with van der Waals surface area (Å²) < 4.78 is 11.3. The Hall–Kier alpha value is -1.82. The summed E-state index contributed by atoms with van der Waals surface area (Å²) in [6.45, 7) is 6.62. The maximum absolute atomic E-state index is 11.6. The predicted molar refractivity (Wildman–Crippen MR) is 76.2 cm³/mol. The van der Waals surface area contributed by atoms with Gasteiger partial charge in [-0.3, -0.25) is 4.79 Å². The number of anilines is 1. The van der Waals surface area contributed by atoms with Gasteiger partial charge >= 0.3 is 0 Å². The van der Waals surface area contributed by atoms with E-state index in [1.165, 1.54) is 0 Å². The lowest BCUT2D eigenvalue weighted by Crippen LogP contribution is -2.42. The number of nitrogens with two attached hydrogens (primary N) is 1. The van der Waals surface area contributed by atoms with E-state index >= 15 is 0 Å². The second kappa shape index (κ2) is 6.56. The van der Waals surface area contributed by atoms with Crippen molar-refractivity contribution in [3.63, 3.8) is 0 Å². The first-order valence-corrected chi connectivity index (χ1v) is 6.91. The van der Waals surface area contributed by atoms with Gasteiger partial charge < -0.3 is 20.1 Å². The average Bonchev–Trinajstić information content (AvgIpc) is 2.44. The van der Waals surface area contributed by atoms with Crippen LogP contribution in [0.15, 0.2) is 12.3 Å². The van der Waals surface area contributed by atoms with Crippen LogP contribution in [0.5, 0.6) is 5.75 Å². The first-order chi connectivity index (χ1) is 9.63. The van der Waals surface area contributed by atoms with Gasteiger partial charge in [0.1, 0.15) is 11.4 Å². The summed E-state index contributed by atoms with van der Waals surface area (Å²) in [5, 5.41) is 0. The van der Waals surface area contributed by atoms with Crippen LogP contribution in [0.1, 0.15) is 30.8 Å². The van der Waals surface area contributed by atoms with Gasteiger partial charge in [-0.2, -0.15) is 0 Å². The number of pyridine rings is 1. The minimum Gasteiger partial charge on any atom is -0.491 e. The summed E-state index contributed by atoms with van der Waals surface area (Å²) in [6, 6.07) is 1.78. The molecular weight excluding hydrogens is 258 g/mol. The first-order valence-electron chi connectivity index (χ1n) is 6.91. The van der Waals surface area contributed by atoms with Crippen LogP contribution in [0.4, 0.5) is 5.69 Å². The van der Waals surface area contributed by atoms with Crippen molar-refractivity contribution in [1.82, 2.24) is 4.98 Å². The van der Waals surface area contributed by atoms with Crippen molar-refractivity contribution in [3.05, 3.63) is 18.0 Å². The Labute approximate surface area is 118 Å². The van der Waals surface area contributed by atoms with E-state index < -0.39 is 5.91 Å². The van der Waals surface area contributed by atoms with Crippen molar-refractivity contribution < 1.29 is 14.3 Å². The molecule has 1 aromatic rings. The molecule has 2 heterocycles. The number of hydrogen-bond acceptors (Lipinski definition) is 5. The lowest BCUT2D eigenvalue weighted by molar-refractivity contribution is 0.0528. The zero-order valence-electron chi connectivity index (χ0n) is 12.0. The van der Waals surface area contributed by atoms with Crippen LogP contribution in [0.3, 0.4) is 0 Å². The second-order valence-corrected chi connectivity index (χ2v) is 4.85. The number of nitrogens with zero attached hydrogens (tertiary/aromatic N) is 2. The van der Waals surface area contributed by atoms with Gasteiger partial charge in [-0.25, -0.2) is 4.98 Å². The van der Waals surface area contributed by atoms with Gasteiger partial charge in [0.25, 0.3) is 5.91 Å². The van der Waals surface area contributed by atoms with Crippen molar-refractivity contribution in [2.24, 2.45) is 5.73 Å². The van der Waals surface area contributed by atoms with Crippen LogP contribution in [0.2, 0.25) is 0 Å². The molecule has 6 heteroatoms. The highest BCUT2D eigenvalue weighted by molar-refractivity contribution is 5.98. The van der Waals surface area contributed by atoms with E-state index in [1.807, 2.05) is 13.8 Å². The fraction of sp³-hybridized carbons (Fsp3) is 0.571. The average molecular weight is 279 g/mol. The largest absolute Gasteiger partial charge is 0.491 e. The SMILES string of the molecule is CCCOc1ccnc(C(N)=O)c1N1CCOC(C)C1. The molecule has 1 aromatic heterocycles. The predicted octanol–water partition coefficient (Wildman–Crippen LogP) is 1.19. The van der Waals surface area contributed by atoms with E-state index in [9.17, 15) is 4.79 Å². The highest BCUT2D eigenvalue weighted by Crippen LogP contribution is 2.32. The zero-order valence-corrected chi connectivity index (χ0v) is 12.0. The molecular formula is C14H21N3O3. The zero-order chi connectivity index (χ0) is 14.5. The Balaban J connectivity index is 2.37. The number of ether oxygens (including phenoxy) is 2. The van der Waals surface area contributed by atoms with Crippen molar-refractivity contribution in [1.29, 1.82) is 0 Å². The van der Waals surface area contributed by atoms with Crippen LogP contribution in [-0.2, 0) is 4.74 Å². The molecule has 1 amide bonds. The molecule has 1 fully saturated rings. The summed E-state index contributed by atoms with van der Waals surface area (Å²) in [5.74, 6) is 0.117. The smallest absolute Gasteiger partial charge is 0.269 e. The Kier molecular flexibility index (Phi) is 4.79. The number of morpholine rings is 1. The summed E-state index contributed by atoms with van der Waals surface area (Å²) in [4.78, 5) is 17.8. The van der Waals surface area contributed by atoms with Gasteiger partial charge in [-0.15, -0.1) is 0 Å². The van der Waals surface area contributed by atoms with Gasteiger partial charge in [0, 0.05) is 25.4 Å². The van der Waals surface area contributed by atoms with Gasteiger partial charge in [0.15, 0.2) is 5.69 Å². The summed E-state index contributed by atoms with van der Waals surface area (Å²) in [7, 11) is 0. The molecule has 6 nitrogen and oxygen atoms in total. The van der Waals surface area contributed by atoms with Crippen LogP contribution >= 0.6 is 0 Å². The standard InChI is InChI=1S/C14H21N3O3/c1-3-7-20-11-4-5-16-12(14(15)18)13(11)17-6-8-19-10(2)9-17/h4-5,10H,3,6-9H2,1-2H3,(H2,15,18). The molecule has 1 atom stereocenters. The molecule has 1 saturated heterocycles. The summed E-state index contributed by atoms with van der Waals surface area (Å²) in [5.41, 5.74) is 6.38. The van der Waals surface area contributed by atoms with Gasteiger partial charge in [-0.1, -0.05) is 6.92 Å². The highest BCUT2D eigenvalue weighted by atomic mass is 16.5. The topological polar surface area (TPSA) is 77.7 Å². The Morgan fingerprint density at radius 1 is 1.65 bits per heavy atom. The van der Waals surface area contributed by atoms with Crippen LogP contribution in [0.25, 0.3) is 0 Å². The number of aromatic nitrogens is 1. The molecule has 1 aliphatic rings. The van der Waals surface area contributed by atoms with Crippen molar-refractivity contribution >= 4 is 11.6 Å². The quantitative estimate of drug-likeness (QED) is 0.876. The van der Waals surface area contributed by atoms with Crippen LogP contribution in [0, 0.1) is 0 Å². The number of amides is 1. The molecule has 20 heavy (non-hydrogen) atoms. The van der Waals surface area contributed by atoms with Crippen molar-refractivity contribution in [2.45, 2.75) is 26.4 Å². The minimum atomic E-state index is -0.541. The van der Waals surface area contributed by atoms with E-state index in [2.05, 4.69) is 9.88 Å². The van der Waals surface area contributed by atoms with Crippen LogP contribution < -0.4 is 15.4 Å². The number of carbonyl (C=O) groups excluding carboxylic acids is 1. The minimum absolute atomic E-state index is 0.101. The molecule has 110 valence electrons. The molecule has 0 bridgehead atoms. The first kappa shape index (κ1) is 14.6. The maximum Gasteiger partial charge on any atom is 0.269 e. The fourth-order valence-corrected chi connectivity index (χ4v) is 2.27. The Bertz CT molecular complexity index is 479. The van der Waals surface area contributed by atoms with Crippen molar-refractivity contribution in [3.8, 4) is 5.75 Å². The third kappa shape index (κ3) is 3.19. The number of primary amides is 1. The normalized spacial score (nSPS) is 18.9. The molecule has 0 aliphatic carbocycles. The fourth-order valence-electron chi connectivity index (χ4n) is 2.27. The van der Waals surface area contributed by atoms with E-state index in [1.54, 1.807) is 12.3 Å². The summed E-state index contributed by atoms with van der Waals surface area (Å²) >= 11 is 0. The molecule has 0 spiro atoms. The third-order valence-corrected chi connectivity index (χ3v) is 3.14. The number of carbonyl (C=O) groups is 1. The Morgan fingerprint density at radius 2 is 2.45 bits per heavy atom. The lowest BCUT2D eigenvalue weighted by atomic mass is 10.2. The second-order valence-electron chi connectivity index (χ2n) is 4.85. The van der Waals surface area contributed by atoms with Crippen LogP contribution in [-0.4, -0.2) is 43.3 Å². The molecule has 2 N–H and O–H groups in total. The van der Waals surface area contributed by atoms with Gasteiger partial charge in [-0.05, 0) is 13.3 Å². The molecule has 0 aromatic carbocycles. The molecule has 1 aliphatic heterocycles. The highest BCUT2D eigenvalue weighted by Gasteiger charge is 2.25. The number of rotatable bonds is 5. The molecule has 2 rings (SSSR count).